The van der Waals surface area contributed by atoms with E-state index in [-0.39, 0.29) is 5.54 Å². The third-order valence-corrected chi connectivity index (χ3v) is 4.59. The van der Waals surface area contributed by atoms with E-state index in [0.717, 1.165) is 32.2 Å². The minimum absolute atomic E-state index is 0.187. The van der Waals surface area contributed by atoms with Crippen LogP contribution in [0.4, 0.5) is 0 Å². The Hall–Kier alpha value is -0.870. The van der Waals surface area contributed by atoms with Crippen molar-refractivity contribution in [3.05, 3.63) is 18.0 Å². The van der Waals surface area contributed by atoms with Crippen LogP contribution in [0.1, 0.15) is 45.7 Å². The fraction of sp³-hybridized carbons (Fsp3) is 0.812. The van der Waals surface area contributed by atoms with Gasteiger partial charge >= 0.3 is 0 Å². The minimum atomic E-state index is 0.187. The summed E-state index contributed by atoms with van der Waals surface area (Å²) in [5.41, 5.74) is 1.36. The molecule has 0 spiro atoms. The molecule has 0 bridgehead atoms. The molecule has 0 aliphatic rings. The molecule has 116 valence electrons. The monoisotopic (exact) mass is 280 g/mol. The molecule has 1 rings (SSSR count). The molecule has 0 radical (unpaired) electrons. The summed E-state index contributed by atoms with van der Waals surface area (Å²) in [6.45, 7) is 7.87. The molecule has 1 atom stereocenters. The molecule has 0 amide bonds. The first-order valence-electron chi connectivity index (χ1n) is 7.89. The highest BCUT2D eigenvalue weighted by atomic mass is 15.3. The number of nitrogens with one attached hydrogen (secondary N) is 1. The molecular formula is C16H32N4. The van der Waals surface area contributed by atoms with Gasteiger partial charge in [0.15, 0.2) is 0 Å². The standard InChI is InChI=1S/C16H32N4/c1-7-11-17-15(13-14-10-12-20(6)18-14)16(8-2,9-3)19(4)5/h10,12,15,17H,7-9,11,13H2,1-6H3. The predicted molar refractivity (Wildman–Crippen MR) is 86.0 cm³/mol. The maximum atomic E-state index is 4.56. The van der Waals surface area contributed by atoms with Gasteiger partial charge in [0, 0.05) is 31.2 Å². The second kappa shape index (κ2) is 7.79. The molecule has 1 heterocycles. The molecular weight excluding hydrogens is 248 g/mol. The predicted octanol–water partition coefficient (Wildman–Crippen LogP) is 2.45. The highest BCUT2D eigenvalue weighted by Gasteiger charge is 2.37. The molecule has 1 aromatic heterocycles. The van der Waals surface area contributed by atoms with Gasteiger partial charge in [0.2, 0.25) is 0 Å². The zero-order valence-corrected chi connectivity index (χ0v) is 14.1. The summed E-state index contributed by atoms with van der Waals surface area (Å²) in [4.78, 5) is 2.39. The first-order chi connectivity index (χ1) is 9.50. The Morgan fingerprint density at radius 3 is 2.35 bits per heavy atom. The number of likely N-dealkylation sites (N-methyl/N-ethyl adjacent to an activating group) is 1. The van der Waals surface area contributed by atoms with Gasteiger partial charge in [-0.3, -0.25) is 4.68 Å². The van der Waals surface area contributed by atoms with Gasteiger partial charge in [0.25, 0.3) is 0 Å². The Morgan fingerprint density at radius 2 is 1.95 bits per heavy atom. The van der Waals surface area contributed by atoms with E-state index in [2.05, 4.69) is 56.2 Å². The first kappa shape index (κ1) is 17.2. The van der Waals surface area contributed by atoms with Gasteiger partial charge in [-0.05, 0) is 46.0 Å². The number of rotatable bonds is 9. The van der Waals surface area contributed by atoms with Crippen LogP contribution < -0.4 is 5.32 Å². The normalized spacial score (nSPS) is 13.9. The van der Waals surface area contributed by atoms with E-state index in [0.29, 0.717) is 6.04 Å². The maximum Gasteiger partial charge on any atom is 0.0640 e. The van der Waals surface area contributed by atoms with Crippen LogP contribution in [-0.2, 0) is 13.5 Å². The number of aryl methyl sites for hydroxylation is 1. The van der Waals surface area contributed by atoms with Crippen LogP contribution in [-0.4, -0.2) is 46.9 Å². The van der Waals surface area contributed by atoms with Crippen molar-refractivity contribution in [2.45, 2.75) is 58.0 Å². The molecule has 1 unspecified atom stereocenters. The van der Waals surface area contributed by atoms with Crippen molar-refractivity contribution >= 4 is 0 Å². The summed E-state index contributed by atoms with van der Waals surface area (Å²) >= 11 is 0. The van der Waals surface area contributed by atoms with E-state index >= 15 is 0 Å². The number of hydrogen-bond acceptors (Lipinski definition) is 3. The van der Waals surface area contributed by atoms with Crippen molar-refractivity contribution in [3.63, 3.8) is 0 Å². The van der Waals surface area contributed by atoms with E-state index in [1.54, 1.807) is 0 Å². The Labute approximate surface area is 124 Å². The van der Waals surface area contributed by atoms with E-state index in [1.165, 1.54) is 5.69 Å². The number of nitrogens with zero attached hydrogens (tertiary/aromatic N) is 3. The molecule has 0 saturated heterocycles. The summed E-state index contributed by atoms with van der Waals surface area (Å²) in [5.74, 6) is 0. The van der Waals surface area contributed by atoms with E-state index < -0.39 is 0 Å². The third kappa shape index (κ3) is 3.83. The lowest BCUT2D eigenvalue weighted by molar-refractivity contribution is 0.0876. The Balaban J connectivity index is 2.96. The average Bonchev–Trinajstić information content (AvgIpc) is 2.82. The van der Waals surface area contributed by atoms with Gasteiger partial charge in [-0.15, -0.1) is 0 Å². The second-order valence-electron chi connectivity index (χ2n) is 5.90. The van der Waals surface area contributed by atoms with E-state index in [9.17, 15) is 0 Å². The average molecular weight is 280 g/mol. The molecule has 0 saturated carbocycles. The molecule has 1 aromatic rings. The summed E-state index contributed by atoms with van der Waals surface area (Å²) in [5, 5.41) is 8.32. The molecule has 0 fully saturated rings. The van der Waals surface area contributed by atoms with Crippen LogP contribution >= 0.6 is 0 Å². The van der Waals surface area contributed by atoms with Crippen molar-refractivity contribution in [2.24, 2.45) is 7.05 Å². The van der Waals surface area contributed by atoms with Crippen molar-refractivity contribution in [3.8, 4) is 0 Å². The van der Waals surface area contributed by atoms with Gasteiger partial charge in [0.1, 0.15) is 0 Å². The van der Waals surface area contributed by atoms with Crippen molar-refractivity contribution in [1.82, 2.24) is 20.0 Å². The molecule has 20 heavy (non-hydrogen) atoms. The van der Waals surface area contributed by atoms with Crippen LogP contribution in [0.2, 0.25) is 0 Å². The van der Waals surface area contributed by atoms with Gasteiger partial charge in [-0.1, -0.05) is 20.8 Å². The van der Waals surface area contributed by atoms with Crippen LogP contribution in [0, 0.1) is 0 Å². The van der Waals surface area contributed by atoms with Crippen LogP contribution in [0.15, 0.2) is 12.3 Å². The minimum Gasteiger partial charge on any atom is -0.312 e. The lowest BCUT2D eigenvalue weighted by atomic mass is 9.81. The quantitative estimate of drug-likeness (QED) is 0.754. The molecule has 0 aromatic carbocycles. The fourth-order valence-corrected chi connectivity index (χ4v) is 3.24. The van der Waals surface area contributed by atoms with Gasteiger partial charge < -0.3 is 10.2 Å². The van der Waals surface area contributed by atoms with Gasteiger partial charge in [-0.25, -0.2) is 0 Å². The highest BCUT2D eigenvalue weighted by molar-refractivity contribution is 5.07. The topological polar surface area (TPSA) is 33.1 Å². The number of hydrogen-bond donors (Lipinski definition) is 1. The summed E-state index contributed by atoms with van der Waals surface area (Å²) in [7, 11) is 6.38. The lowest BCUT2D eigenvalue weighted by Crippen LogP contribution is -2.59. The first-order valence-corrected chi connectivity index (χ1v) is 7.89. The van der Waals surface area contributed by atoms with E-state index in [4.69, 9.17) is 0 Å². The Kier molecular flexibility index (Phi) is 6.69. The van der Waals surface area contributed by atoms with Crippen LogP contribution in [0.3, 0.4) is 0 Å². The zero-order valence-electron chi connectivity index (χ0n) is 14.1. The van der Waals surface area contributed by atoms with Crippen molar-refractivity contribution in [2.75, 3.05) is 20.6 Å². The number of aromatic nitrogens is 2. The largest absolute Gasteiger partial charge is 0.312 e. The molecule has 0 aliphatic heterocycles. The van der Waals surface area contributed by atoms with Crippen molar-refractivity contribution < 1.29 is 0 Å². The zero-order chi connectivity index (χ0) is 15.2. The smallest absolute Gasteiger partial charge is 0.0640 e. The molecule has 0 aliphatic carbocycles. The summed E-state index contributed by atoms with van der Waals surface area (Å²) in [6, 6.07) is 2.56. The molecule has 4 nitrogen and oxygen atoms in total. The van der Waals surface area contributed by atoms with Crippen LogP contribution in [0.25, 0.3) is 0 Å². The SMILES string of the molecule is CCCNC(Cc1ccn(C)n1)C(CC)(CC)N(C)C. The van der Waals surface area contributed by atoms with Gasteiger partial charge in [-0.2, -0.15) is 5.10 Å². The Bertz CT molecular complexity index is 380. The lowest BCUT2D eigenvalue weighted by Gasteiger charge is -2.45. The molecule has 4 heteroatoms. The fourth-order valence-electron chi connectivity index (χ4n) is 3.24. The highest BCUT2D eigenvalue weighted by Crippen LogP contribution is 2.27. The van der Waals surface area contributed by atoms with Crippen molar-refractivity contribution in [1.29, 1.82) is 0 Å². The van der Waals surface area contributed by atoms with E-state index in [1.807, 2.05) is 17.9 Å². The third-order valence-electron chi connectivity index (χ3n) is 4.59. The molecule has 1 N–H and O–H groups in total. The second-order valence-corrected chi connectivity index (χ2v) is 5.90. The maximum absolute atomic E-state index is 4.56. The summed E-state index contributed by atoms with van der Waals surface area (Å²) < 4.78 is 1.89. The summed E-state index contributed by atoms with van der Waals surface area (Å²) in [6.07, 6.45) is 6.47. The van der Waals surface area contributed by atoms with Crippen LogP contribution in [0.5, 0.6) is 0 Å². The Morgan fingerprint density at radius 1 is 1.30 bits per heavy atom. The van der Waals surface area contributed by atoms with Gasteiger partial charge in [0.05, 0.1) is 5.69 Å².